The van der Waals surface area contributed by atoms with E-state index in [1.54, 1.807) is 0 Å². The highest BCUT2D eigenvalue weighted by Crippen LogP contribution is 2.06. The lowest BCUT2D eigenvalue weighted by atomic mass is 10.1. The van der Waals surface area contributed by atoms with E-state index >= 15 is 0 Å². The fraction of sp³-hybridized carbons (Fsp3) is 0.200. The highest BCUT2D eigenvalue weighted by Gasteiger charge is 1.90. The Hall–Kier alpha value is -1.40. The Balaban J connectivity index is 3.61. The molecule has 0 bridgehead atoms. The summed E-state index contributed by atoms with van der Waals surface area (Å²) < 4.78 is 0. The topological polar surface area (TPSA) is 0 Å². The molecular weight excluding hydrogens is 120 g/mol. The summed E-state index contributed by atoms with van der Waals surface area (Å²) in [5.74, 6) is 4.88. The van der Waals surface area contributed by atoms with E-state index in [0.29, 0.717) is 0 Å². The first kappa shape index (κ1) is 8.60. The Morgan fingerprint density at radius 2 is 1.30 bits per heavy atom. The smallest absolute Gasteiger partial charge is 0.00507 e. The number of allylic oxidation sites excluding steroid dienone is 2. The molecule has 0 saturated carbocycles. The van der Waals surface area contributed by atoms with Gasteiger partial charge in [-0.05, 0) is 24.0 Å². The molecule has 0 saturated heterocycles. The second kappa shape index (κ2) is 4.48. The predicted molar refractivity (Wildman–Crippen MR) is 45.2 cm³/mol. The van der Waals surface area contributed by atoms with Crippen molar-refractivity contribution in [3.63, 3.8) is 0 Å². The third-order valence-electron chi connectivity index (χ3n) is 1.14. The van der Waals surface area contributed by atoms with Gasteiger partial charge in [0.2, 0.25) is 0 Å². The largest absolute Gasteiger partial charge is 0.115 e. The lowest BCUT2D eigenvalue weighted by molar-refractivity contribution is 0.994. The molecule has 0 heterocycles. The fourth-order valence-corrected chi connectivity index (χ4v) is 0.446. The van der Waals surface area contributed by atoms with Crippen LogP contribution >= 0.6 is 0 Å². The van der Waals surface area contributed by atoms with Crippen LogP contribution in [0.4, 0.5) is 0 Å². The van der Waals surface area contributed by atoms with Crippen molar-refractivity contribution in [1.82, 2.24) is 0 Å². The van der Waals surface area contributed by atoms with Crippen molar-refractivity contribution >= 4 is 0 Å². The molecule has 0 nitrogen and oxygen atoms in total. The lowest BCUT2D eigenvalue weighted by Gasteiger charge is -1.94. The Labute approximate surface area is 62.6 Å². The molecule has 50 valence electrons. The van der Waals surface area contributed by atoms with E-state index in [4.69, 9.17) is 12.8 Å². The molecule has 0 aliphatic heterocycles. The molecular formula is C10H10. The van der Waals surface area contributed by atoms with Crippen molar-refractivity contribution in [2.24, 2.45) is 0 Å². The van der Waals surface area contributed by atoms with Gasteiger partial charge in [-0.1, -0.05) is 25.0 Å². The van der Waals surface area contributed by atoms with Gasteiger partial charge in [-0.25, -0.2) is 0 Å². The molecule has 10 heavy (non-hydrogen) atoms. The lowest BCUT2D eigenvalue weighted by Crippen LogP contribution is -1.79. The van der Waals surface area contributed by atoms with E-state index in [1.807, 2.05) is 0 Å². The zero-order chi connectivity index (χ0) is 7.98. The Kier molecular flexibility index (Phi) is 3.85. The Morgan fingerprint density at radius 1 is 1.00 bits per heavy atom. The molecule has 0 rings (SSSR count). The summed E-state index contributed by atoms with van der Waals surface area (Å²) in [5.41, 5.74) is 1.55. The highest BCUT2D eigenvalue weighted by atomic mass is 13.9. The van der Waals surface area contributed by atoms with Crippen molar-refractivity contribution in [3.05, 3.63) is 24.3 Å². The fourth-order valence-electron chi connectivity index (χ4n) is 0.446. The normalized spacial score (nSPS) is 7.40. The SMILES string of the molecule is C#CC(=C)CCC(=C)C#C. The van der Waals surface area contributed by atoms with Crippen molar-refractivity contribution < 1.29 is 0 Å². The first-order valence-electron chi connectivity index (χ1n) is 2.99. The molecule has 0 atom stereocenters. The quantitative estimate of drug-likeness (QED) is 0.513. The summed E-state index contributed by atoms with van der Waals surface area (Å²) in [4.78, 5) is 0. The minimum atomic E-state index is 0.750. The number of terminal acetylenes is 2. The highest BCUT2D eigenvalue weighted by molar-refractivity contribution is 5.26. The van der Waals surface area contributed by atoms with Crippen molar-refractivity contribution in [3.8, 4) is 24.7 Å². The van der Waals surface area contributed by atoms with Crippen LogP contribution in [0.1, 0.15) is 12.8 Å². The Bertz CT molecular complexity index is 191. The van der Waals surface area contributed by atoms with E-state index in [1.165, 1.54) is 0 Å². The van der Waals surface area contributed by atoms with Crippen LogP contribution in [0.15, 0.2) is 24.3 Å². The standard InChI is InChI=1S/C10H10/c1-5-9(3)7-8-10(4)6-2/h1-2H,3-4,7-8H2. The maximum Gasteiger partial charge on any atom is -0.00507 e. The van der Waals surface area contributed by atoms with Gasteiger partial charge in [0, 0.05) is 0 Å². The third kappa shape index (κ3) is 3.58. The maximum absolute atomic E-state index is 5.07. The number of hydrogen-bond acceptors (Lipinski definition) is 0. The summed E-state index contributed by atoms with van der Waals surface area (Å²) in [5, 5.41) is 0. The average Bonchev–Trinajstić information content (AvgIpc) is 1.99. The second-order valence-corrected chi connectivity index (χ2v) is 2.00. The van der Waals surface area contributed by atoms with Crippen LogP contribution in [-0.2, 0) is 0 Å². The van der Waals surface area contributed by atoms with Crippen molar-refractivity contribution in [2.75, 3.05) is 0 Å². The van der Waals surface area contributed by atoms with E-state index in [9.17, 15) is 0 Å². The Morgan fingerprint density at radius 3 is 1.50 bits per heavy atom. The van der Waals surface area contributed by atoms with Crippen molar-refractivity contribution in [1.29, 1.82) is 0 Å². The van der Waals surface area contributed by atoms with E-state index < -0.39 is 0 Å². The van der Waals surface area contributed by atoms with Crippen LogP contribution in [0.2, 0.25) is 0 Å². The van der Waals surface area contributed by atoms with Crippen LogP contribution in [0, 0.1) is 24.7 Å². The third-order valence-corrected chi connectivity index (χ3v) is 1.14. The van der Waals surface area contributed by atoms with Crippen LogP contribution in [-0.4, -0.2) is 0 Å². The van der Waals surface area contributed by atoms with Crippen molar-refractivity contribution in [2.45, 2.75) is 12.8 Å². The molecule has 0 aliphatic carbocycles. The molecule has 0 N–H and O–H groups in total. The van der Waals surface area contributed by atoms with Gasteiger partial charge in [-0.2, -0.15) is 0 Å². The molecule has 0 unspecified atom stereocenters. The first-order valence-corrected chi connectivity index (χ1v) is 2.99. The van der Waals surface area contributed by atoms with Crippen LogP contribution in [0.25, 0.3) is 0 Å². The second-order valence-electron chi connectivity index (χ2n) is 2.00. The molecule has 0 aromatic heterocycles. The van der Waals surface area contributed by atoms with E-state index in [2.05, 4.69) is 25.0 Å². The summed E-state index contributed by atoms with van der Waals surface area (Å²) in [6, 6.07) is 0. The summed E-state index contributed by atoms with van der Waals surface area (Å²) in [7, 11) is 0. The molecule has 0 radical (unpaired) electrons. The van der Waals surface area contributed by atoms with Gasteiger partial charge < -0.3 is 0 Å². The minimum absolute atomic E-state index is 0.750. The minimum Gasteiger partial charge on any atom is -0.115 e. The molecule has 0 heteroatoms. The molecule has 0 amide bonds. The average molecular weight is 130 g/mol. The first-order chi connectivity index (χ1) is 4.70. The maximum atomic E-state index is 5.07. The molecule has 0 aliphatic rings. The van der Waals surface area contributed by atoms with E-state index in [-0.39, 0.29) is 0 Å². The monoisotopic (exact) mass is 130 g/mol. The van der Waals surface area contributed by atoms with Gasteiger partial charge in [0.15, 0.2) is 0 Å². The molecule has 0 spiro atoms. The van der Waals surface area contributed by atoms with Crippen LogP contribution in [0.5, 0.6) is 0 Å². The zero-order valence-corrected chi connectivity index (χ0v) is 5.98. The molecule has 0 aromatic rings. The molecule has 0 fully saturated rings. The number of hydrogen-bond donors (Lipinski definition) is 0. The van der Waals surface area contributed by atoms with Gasteiger partial charge in [0.1, 0.15) is 0 Å². The number of rotatable bonds is 3. The van der Waals surface area contributed by atoms with Gasteiger partial charge >= 0.3 is 0 Å². The molecule has 0 aromatic carbocycles. The predicted octanol–water partition coefficient (Wildman–Crippen LogP) is 2.15. The summed E-state index contributed by atoms with van der Waals surface area (Å²) in [6.07, 6.45) is 11.6. The van der Waals surface area contributed by atoms with Gasteiger partial charge in [0.05, 0.1) is 0 Å². The van der Waals surface area contributed by atoms with Gasteiger partial charge in [0.25, 0.3) is 0 Å². The van der Waals surface area contributed by atoms with Gasteiger partial charge in [-0.3, -0.25) is 0 Å². The van der Waals surface area contributed by atoms with Crippen LogP contribution < -0.4 is 0 Å². The summed E-state index contributed by atoms with van der Waals surface area (Å²) in [6.45, 7) is 7.27. The van der Waals surface area contributed by atoms with Gasteiger partial charge in [-0.15, -0.1) is 12.8 Å². The zero-order valence-electron chi connectivity index (χ0n) is 5.98. The summed E-state index contributed by atoms with van der Waals surface area (Å²) >= 11 is 0. The van der Waals surface area contributed by atoms with E-state index in [0.717, 1.165) is 24.0 Å². The van der Waals surface area contributed by atoms with Crippen LogP contribution in [0.3, 0.4) is 0 Å².